The molecule has 1 aromatic rings. The van der Waals surface area contributed by atoms with Crippen LogP contribution in [0.2, 0.25) is 0 Å². The summed E-state index contributed by atoms with van der Waals surface area (Å²) in [6.45, 7) is 4.36. The highest BCUT2D eigenvalue weighted by Crippen LogP contribution is 2.30. The van der Waals surface area contributed by atoms with Crippen molar-refractivity contribution in [2.24, 2.45) is 0 Å². The molecule has 0 radical (unpaired) electrons. The summed E-state index contributed by atoms with van der Waals surface area (Å²) in [5.41, 5.74) is 2.15. The first kappa shape index (κ1) is 13.4. The van der Waals surface area contributed by atoms with Crippen molar-refractivity contribution in [1.82, 2.24) is 4.90 Å². The van der Waals surface area contributed by atoms with Crippen molar-refractivity contribution in [1.29, 1.82) is 0 Å². The van der Waals surface area contributed by atoms with E-state index in [0.29, 0.717) is 6.04 Å². The zero-order valence-corrected chi connectivity index (χ0v) is 11.8. The molecule has 1 N–H and O–H groups in total. The standard InChI is InChI=1S/C15H21N3O2/c1-11-9-14(18(19)20)4-5-15(11)16-12-6-8-17-7-2-3-13(17)10-12/h4-5,9,12-13,16H,2-3,6-8,10H2,1H3. The molecule has 5 nitrogen and oxygen atoms in total. The van der Waals surface area contributed by atoms with E-state index in [2.05, 4.69) is 10.2 Å². The molecule has 2 aliphatic heterocycles. The molecule has 0 spiro atoms. The van der Waals surface area contributed by atoms with Gasteiger partial charge in [0.25, 0.3) is 5.69 Å². The lowest BCUT2D eigenvalue weighted by atomic mass is 9.97. The first-order chi connectivity index (χ1) is 9.63. The molecule has 2 saturated heterocycles. The fraction of sp³-hybridized carbons (Fsp3) is 0.600. The Kier molecular flexibility index (Phi) is 3.61. The van der Waals surface area contributed by atoms with Crippen LogP contribution in [-0.4, -0.2) is 35.0 Å². The van der Waals surface area contributed by atoms with Gasteiger partial charge >= 0.3 is 0 Å². The molecule has 2 heterocycles. The third-order valence-corrected chi connectivity index (χ3v) is 4.60. The second-order valence-corrected chi connectivity index (χ2v) is 5.95. The van der Waals surface area contributed by atoms with Crippen LogP contribution in [0, 0.1) is 17.0 Å². The van der Waals surface area contributed by atoms with Crippen LogP contribution in [-0.2, 0) is 0 Å². The summed E-state index contributed by atoms with van der Waals surface area (Å²) >= 11 is 0. The lowest BCUT2D eigenvalue weighted by Crippen LogP contribution is -2.42. The molecule has 5 heteroatoms. The van der Waals surface area contributed by atoms with Gasteiger partial charge in [0.1, 0.15) is 0 Å². The van der Waals surface area contributed by atoms with Crippen LogP contribution in [0.25, 0.3) is 0 Å². The molecule has 2 aliphatic rings. The number of aryl methyl sites for hydroxylation is 1. The van der Waals surface area contributed by atoms with E-state index >= 15 is 0 Å². The van der Waals surface area contributed by atoms with Gasteiger partial charge in [-0.05, 0) is 50.8 Å². The zero-order chi connectivity index (χ0) is 14.1. The Labute approximate surface area is 119 Å². The quantitative estimate of drug-likeness (QED) is 0.680. The second-order valence-electron chi connectivity index (χ2n) is 5.95. The number of piperidine rings is 1. The topological polar surface area (TPSA) is 58.4 Å². The van der Waals surface area contributed by atoms with Crippen molar-refractivity contribution in [3.8, 4) is 0 Å². The van der Waals surface area contributed by atoms with E-state index in [1.54, 1.807) is 12.1 Å². The van der Waals surface area contributed by atoms with Crippen molar-refractivity contribution >= 4 is 11.4 Å². The summed E-state index contributed by atoms with van der Waals surface area (Å²) < 4.78 is 0. The van der Waals surface area contributed by atoms with E-state index in [0.717, 1.165) is 23.7 Å². The Morgan fingerprint density at radius 2 is 2.20 bits per heavy atom. The SMILES string of the molecule is Cc1cc([N+](=O)[O-])ccc1NC1CCN2CCCC2C1. The number of nitrogens with one attached hydrogen (secondary N) is 1. The summed E-state index contributed by atoms with van der Waals surface area (Å²) in [7, 11) is 0. The maximum atomic E-state index is 10.8. The molecule has 0 saturated carbocycles. The highest BCUT2D eigenvalue weighted by atomic mass is 16.6. The number of benzene rings is 1. The minimum absolute atomic E-state index is 0.165. The molecule has 108 valence electrons. The van der Waals surface area contributed by atoms with Crippen LogP contribution < -0.4 is 5.32 Å². The van der Waals surface area contributed by atoms with Crippen LogP contribution in [0.5, 0.6) is 0 Å². The maximum absolute atomic E-state index is 10.8. The fourth-order valence-electron chi connectivity index (χ4n) is 3.50. The molecule has 1 aromatic carbocycles. The van der Waals surface area contributed by atoms with Gasteiger partial charge in [0.15, 0.2) is 0 Å². The van der Waals surface area contributed by atoms with Crippen molar-refractivity contribution in [2.75, 3.05) is 18.4 Å². The maximum Gasteiger partial charge on any atom is 0.269 e. The van der Waals surface area contributed by atoms with E-state index in [-0.39, 0.29) is 10.6 Å². The summed E-state index contributed by atoms with van der Waals surface area (Å²) in [6.07, 6.45) is 4.99. The van der Waals surface area contributed by atoms with Crippen molar-refractivity contribution in [3.63, 3.8) is 0 Å². The number of hydrogen-bond donors (Lipinski definition) is 1. The normalized spacial score (nSPS) is 26.2. The first-order valence-corrected chi connectivity index (χ1v) is 7.39. The minimum atomic E-state index is -0.339. The predicted molar refractivity (Wildman–Crippen MR) is 79.1 cm³/mol. The lowest BCUT2D eigenvalue weighted by Gasteiger charge is -2.35. The van der Waals surface area contributed by atoms with E-state index in [4.69, 9.17) is 0 Å². The Morgan fingerprint density at radius 1 is 1.35 bits per heavy atom. The summed E-state index contributed by atoms with van der Waals surface area (Å²) in [5.74, 6) is 0. The molecule has 2 unspecified atom stereocenters. The Hall–Kier alpha value is -1.62. The summed E-state index contributed by atoms with van der Waals surface area (Å²) in [4.78, 5) is 13.0. The smallest absolute Gasteiger partial charge is 0.269 e. The van der Waals surface area contributed by atoms with Gasteiger partial charge in [-0.25, -0.2) is 0 Å². The predicted octanol–water partition coefficient (Wildman–Crippen LogP) is 2.94. The highest BCUT2D eigenvalue weighted by Gasteiger charge is 2.31. The number of anilines is 1. The van der Waals surface area contributed by atoms with E-state index in [9.17, 15) is 10.1 Å². The molecular formula is C15H21N3O2. The molecule has 3 rings (SSSR count). The monoisotopic (exact) mass is 275 g/mol. The van der Waals surface area contributed by atoms with Gasteiger partial charge in [-0.3, -0.25) is 10.1 Å². The Bertz CT molecular complexity index is 518. The van der Waals surface area contributed by atoms with Gasteiger partial charge in [-0.2, -0.15) is 0 Å². The van der Waals surface area contributed by atoms with Gasteiger partial charge in [0, 0.05) is 36.4 Å². The number of nitro groups is 1. The number of nitrogens with zero attached hydrogens (tertiary/aromatic N) is 2. The van der Waals surface area contributed by atoms with Crippen LogP contribution in [0.15, 0.2) is 18.2 Å². The fourth-order valence-corrected chi connectivity index (χ4v) is 3.50. The molecule has 2 atom stereocenters. The van der Waals surface area contributed by atoms with Crippen LogP contribution in [0.1, 0.15) is 31.2 Å². The van der Waals surface area contributed by atoms with Crippen LogP contribution in [0.4, 0.5) is 11.4 Å². The van der Waals surface area contributed by atoms with Crippen LogP contribution >= 0.6 is 0 Å². The number of nitro benzene ring substituents is 1. The van der Waals surface area contributed by atoms with Gasteiger partial charge < -0.3 is 10.2 Å². The van der Waals surface area contributed by atoms with E-state index in [1.165, 1.54) is 32.4 Å². The molecular weight excluding hydrogens is 254 g/mol. The van der Waals surface area contributed by atoms with Crippen LogP contribution in [0.3, 0.4) is 0 Å². The van der Waals surface area contributed by atoms with Gasteiger partial charge in [-0.15, -0.1) is 0 Å². The van der Waals surface area contributed by atoms with Crippen molar-refractivity contribution in [3.05, 3.63) is 33.9 Å². The Morgan fingerprint density at radius 3 is 2.95 bits per heavy atom. The second kappa shape index (κ2) is 5.40. The van der Waals surface area contributed by atoms with E-state index < -0.39 is 0 Å². The largest absolute Gasteiger partial charge is 0.382 e. The first-order valence-electron chi connectivity index (χ1n) is 7.39. The van der Waals surface area contributed by atoms with Crippen molar-refractivity contribution in [2.45, 2.75) is 44.7 Å². The Balaban J connectivity index is 1.67. The lowest BCUT2D eigenvalue weighted by molar-refractivity contribution is -0.384. The highest BCUT2D eigenvalue weighted by molar-refractivity contribution is 5.56. The zero-order valence-electron chi connectivity index (χ0n) is 11.8. The molecule has 2 fully saturated rings. The number of non-ortho nitro benzene ring substituents is 1. The number of rotatable bonds is 3. The van der Waals surface area contributed by atoms with E-state index in [1.807, 2.05) is 13.0 Å². The molecule has 0 amide bonds. The average molecular weight is 275 g/mol. The number of hydrogen-bond acceptors (Lipinski definition) is 4. The third kappa shape index (κ3) is 2.63. The number of fused-ring (bicyclic) bond motifs is 1. The van der Waals surface area contributed by atoms with Gasteiger partial charge in [0.2, 0.25) is 0 Å². The van der Waals surface area contributed by atoms with Gasteiger partial charge in [-0.1, -0.05) is 0 Å². The third-order valence-electron chi connectivity index (χ3n) is 4.60. The molecule has 20 heavy (non-hydrogen) atoms. The molecule has 0 aliphatic carbocycles. The summed E-state index contributed by atoms with van der Waals surface area (Å²) in [6, 6.07) is 6.30. The average Bonchev–Trinajstić information content (AvgIpc) is 2.88. The molecule has 0 aromatic heterocycles. The van der Waals surface area contributed by atoms with Gasteiger partial charge in [0.05, 0.1) is 4.92 Å². The minimum Gasteiger partial charge on any atom is -0.382 e. The molecule has 0 bridgehead atoms. The summed E-state index contributed by atoms with van der Waals surface area (Å²) in [5, 5.41) is 14.3. The van der Waals surface area contributed by atoms with Crippen molar-refractivity contribution < 1.29 is 4.92 Å².